The van der Waals surface area contributed by atoms with Crippen molar-refractivity contribution in [3.63, 3.8) is 0 Å². The molecule has 9 heteroatoms. The van der Waals surface area contributed by atoms with Gasteiger partial charge in [0, 0.05) is 43.0 Å². The molecule has 1 aliphatic heterocycles. The normalized spacial score (nSPS) is 14.4. The average Bonchev–Trinajstić information content (AvgIpc) is 3.14. The summed E-state index contributed by atoms with van der Waals surface area (Å²) in [5.41, 5.74) is 2.61. The molecule has 1 aromatic heterocycles. The van der Waals surface area contributed by atoms with Crippen LogP contribution in [-0.2, 0) is 12.7 Å². The van der Waals surface area contributed by atoms with Gasteiger partial charge >= 0.3 is 6.18 Å². The molecule has 0 bridgehead atoms. The Morgan fingerprint density at radius 3 is 1.94 bits per heavy atom. The first-order chi connectivity index (χ1) is 16.1. The van der Waals surface area contributed by atoms with Crippen molar-refractivity contribution in [1.29, 1.82) is 0 Å². The van der Waals surface area contributed by atoms with Gasteiger partial charge in [-0.05, 0) is 55.8 Å². The summed E-state index contributed by atoms with van der Waals surface area (Å²) in [6, 6.07) is 13.8. The molecule has 178 valence electrons. The van der Waals surface area contributed by atoms with Crippen LogP contribution in [0.1, 0.15) is 43.2 Å². The van der Waals surface area contributed by atoms with Crippen LogP contribution in [0.3, 0.4) is 0 Å². The van der Waals surface area contributed by atoms with E-state index in [1.54, 1.807) is 11.0 Å². The highest BCUT2D eigenvalue weighted by atomic mass is 19.4. The lowest BCUT2D eigenvalue weighted by molar-refractivity contribution is -0.137. The van der Waals surface area contributed by atoms with Gasteiger partial charge in [-0.25, -0.2) is 0 Å². The molecule has 0 spiro atoms. The summed E-state index contributed by atoms with van der Waals surface area (Å²) in [5.74, 6) is -0.605. The number of aryl methyl sites for hydroxylation is 2. The van der Waals surface area contributed by atoms with Crippen molar-refractivity contribution >= 4 is 11.8 Å². The predicted octanol–water partition coefficient (Wildman–Crippen LogP) is 4.17. The number of hydrogen-bond donors (Lipinski definition) is 0. The third-order valence-corrected chi connectivity index (χ3v) is 5.90. The number of carbonyl (C=O) groups is 2. The quantitative estimate of drug-likeness (QED) is 0.575. The van der Waals surface area contributed by atoms with E-state index in [1.807, 2.05) is 42.8 Å². The Bertz CT molecular complexity index is 1210. The summed E-state index contributed by atoms with van der Waals surface area (Å²) < 4.78 is 40.8. The molecule has 6 nitrogen and oxygen atoms in total. The van der Waals surface area contributed by atoms with E-state index in [9.17, 15) is 22.8 Å². The molecule has 0 radical (unpaired) electrons. The van der Waals surface area contributed by atoms with E-state index in [4.69, 9.17) is 0 Å². The van der Waals surface area contributed by atoms with E-state index in [2.05, 4.69) is 5.10 Å². The first-order valence-corrected chi connectivity index (χ1v) is 11.0. The largest absolute Gasteiger partial charge is 0.416 e. The third kappa shape index (κ3) is 5.13. The molecule has 0 atom stereocenters. The second-order valence-electron chi connectivity index (χ2n) is 8.45. The van der Waals surface area contributed by atoms with Gasteiger partial charge in [0.05, 0.1) is 17.8 Å². The summed E-state index contributed by atoms with van der Waals surface area (Å²) in [7, 11) is 0. The number of benzene rings is 2. The van der Waals surface area contributed by atoms with Crippen molar-refractivity contribution in [1.82, 2.24) is 19.6 Å². The number of alkyl halides is 3. The van der Waals surface area contributed by atoms with Crippen LogP contribution in [0.4, 0.5) is 13.2 Å². The lowest BCUT2D eigenvalue weighted by atomic mass is 10.1. The Kier molecular flexibility index (Phi) is 6.45. The molecule has 0 saturated carbocycles. The van der Waals surface area contributed by atoms with Crippen molar-refractivity contribution in [2.75, 3.05) is 26.2 Å². The van der Waals surface area contributed by atoms with Gasteiger partial charge in [0.25, 0.3) is 11.8 Å². The Hall–Kier alpha value is -3.62. The highest BCUT2D eigenvalue weighted by Gasteiger charge is 2.32. The standard InChI is InChI=1S/C25H25F3N4O2/c1-17-13-18(2)32(29-17)16-19-5-3-6-20(14-19)23(33)30-9-11-31(12-10-30)24(34)21-7-4-8-22(15-21)25(26,27)28/h3-8,13-15H,9-12,16H2,1-2H3. The van der Waals surface area contributed by atoms with E-state index in [1.165, 1.54) is 17.0 Å². The van der Waals surface area contributed by atoms with Crippen molar-refractivity contribution in [2.24, 2.45) is 0 Å². The lowest BCUT2D eigenvalue weighted by Crippen LogP contribution is -2.50. The molecule has 2 aromatic carbocycles. The Morgan fingerprint density at radius 1 is 0.853 bits per heavy atom. The van der Waals surface area contributed by atoms with Gasteiger partial charge in [-0.3, -0.25) is 14.3 Å². The van der Waals surface area contributed by atoms with Gasteiger partial charge in [0.2, 0.25) is 0 Å². The number of piperazine rings is 1. The van der Waals surface area contributed by atoms with E-state index in [-0.39, 0.29) is 24.6 Å². The van der Waals surface area contributed by atoms with Crippen LogP contribution in [-0.4, -0.2) is 57.6 Å². The second kappa shape index (κ2) is 9.32. The number of halogens is 3. The Balaban J connectivity index is 1.39. The molecule has 1 aliphatic rings. The number of aromatic nitrogens is 2. The average molecular weight is 470 g/mol. The zero-order valence-electron chi connectivity index (χ0n) is 19.0. The summed E-state index contributed by atoms with van der Waals surface area (Å²) >= 11 is 0. The van der Waals surface area contributed by atoms with Gasteiger partial charge in [-0.2, -0.15) is 18.3 Å². The third-order valence-electron chi connectivity index (χ3n) is 5.90. The van der Waals surface area contributed by atoms with Crippen LogP contribution in [0, 0.1) is 13.8 Å². The van der Waals surface area contributed by atoms with Gasteiger partial charge in [0.1, 0.15) is 0 Å². The fourth-order valence-electron chi connectivity index (χ4n) is 4.12. The molecular formula is C25H25F3N4O2. The minimum absolute atomic E-state index is 0.00791. The number of nitrogens with zero attached hydrogens (tertiary/aromatic N) is 4. The maximum atomic E-state index is 13.1. The molecule has 3 aromatic rings. The van der Waals surface area contributed by atoms with E-state index in [0.29, 0.717) is 25.2 Å². The number of carbonyl (C=O) groups excluding carboxylic acids is 2. The molecule has 1 saturated heterocycles. The van der Waals surface area contributed by atoms with Gasteiger partial charge in [-0.1, -0.05) is 18.2 Å². The Labute approximate surface area is 195 Å². The van der Waals surface area contributed by atoms with Crippen molar-refractivity contribution in [3.8, 4) is 0 Å². The highest BCUT2D eigenvalue weighted by Crippen LogP contribution is 2.30. The molecule has 0 aliphatic carbocycles. The highest BCUT2D eigenvalue weighted by molar-refractivity contribution is 5.96. The van der Waals surface area contributed by atoms with Gasteiger partial charge in [-0.15, -0.1) is 0 Å². The van der Waals surface area contributed by atoms with Gasteiger partial charge < -0.3 is 9.80 Å². The fourth-order valence-corrected chi connectivity index (χ4v) is 4.12. The molecule has 0 N–H and O–H groups in total. The molecule has 2 heterocycles. The summed E-state index contributed by atoms with van der Waals surface area (Å²) in [5, 5.41) is 4.46. The fraction of sp³-hybridized carbons (Fsp3) is 0.320. The first-order valence-electron chi connectivity index (χ1n) is 11.0. The van der Waals surface area contributed by atoms with E-state index in [0.717, 1.165) is 29.1 Å². The molecule has 0 unspecified atom stereocenters. The van der Waals surface area contributed by atoms with Crippen LogP contribution in [0.15, 0.2) is 54.6 Å². The monoisotopic (exact) mass is 470 g/mol. The van der Waals surface area contributed by atoms with Crippen LogP contribution >= 0.6 is 0 Å². The number of amides is 2. The molecule has 1 fully saturated rings. The van der Waals surface area contributed by atoms with Crippen LogP contribution in [0.2, 0.25) is 0 Å². The summed E-state index contributed by atoms with van der Waals surface area (Å²) in [6.45, 7) is 5.60. The second-order valence-corrected chi connectivity index (χ2v) is 8.45. The van der Waals surface area contributed by atoms with Crippen molar-refractivity contribution in [3.05, 3.63) is 88.2 Å². The maximum absolute atomic E-state index is 13.1. The van der Waals surface area contributed by atoms with E-state index < -0.39 is 17.6 Å². The van der Waals surface area contributed by atoms with Crippen molar-refractivity contribution < 1.29 is 22.8 Å². The smallest absolute Gasteiger partial charge is 0.335 e. The van der Waals surface area contributed by atoms with Crippen LogP contribution < -0.4 is 0 Å². The number of hydrogen-bond acceptors (Lipinski definition) is 3. The van der Waals surface area contributed by atoms with Gasteiger partial charge in [0.15, 0.2) is 0 Å². The van der Waals surface area contributed by atoms with Crippen molar-refractivity contribution in [2.45, 2.75) is 26.6 Å². The summed E-state index contributed by atoms with van der Waals surface area (Å²) in [6.07, 6.45) is -4.51. The van der Waals surface area contributed by atoms with Crippen LogP contribution in [0.5, 0.6) is 0 Å². The minimum Gasteiger partial charge on any atom is -0.335 e. The maximum Gasteiger partial charge on any atom is 0.416 e. The zero-order valence-corrected chi connectivity index (χ0v) is 19.0. The van der Waals surface area contributed by atoms with Crippen LogP contribution in [0.25, 0.3) is 0 Å². The SMILES string of the molecule is Cc1cc(C)n(Cc2cccc(C(=O)N3CCN(C(=O)c4cccc(C(F)(F)F)c4)CC3)c2)n1. The summed E-state index contributed by atoms with van der Waals surface area (Å²) in [4.78, 5) is 28.9. The predicted molar refractivity (Wildman–Crippen MR) is 120 cm³/mol. The lowest BCUT2D eigenvalue weighted by Gasteiger charge is -2.35. The molecule has 2 amide bonds. The zero-order chi connectivity index (χ0) is 24.5. The van der Waals surface area contributed by atoms with E-state index >= 15 is 0 Å². The first kappa shape index (κ1) is 23.5. The minimum atomic E-state index is -4.51. The molecular weight excluding hydrogens is 445 g/mol. The molecule has 34 heavy (non-hydrogen) atoms. The Morgan fingerprint density at radius 2 is 1.41 bits per heavy atom. The number of rotatable bonds is 4. The molecule has 4 rings (SSSR count). The topological polar surface area (TPSA) is 58.4 Å².